The second kappa shape index (κ2) is 5.61. The minimum absolute atomic E-state index is 0.727. The summed E-state index contributed by atoms with van der Waals surface area (Å²) in [6.45, 7) is 5.03. The fraction of sp³-hybridized carbons (Fsp3) is 0.385. The molecule has 1 heteroatoms. The third kappa shape index (κ3) is 3.00. The van der Waals surface area contributed by atoms with Gasteiger partial charge in [0.25, 0.3) is 0 Å². The highest BCUT2D eigenvalue weighted by Gasteiger charge is 1.94. The summed E-state index contributed by atoms with van der Waals surface area (Å²) in [6, 6.07) is 8.74. The predicted octanol–water partition coefficient (Wildman–Crippen LogP) is 3.00. The van der Waals surface area contributed by atoms with E-state index < -0.39 is 0 Å². The van der Waals surface area contributed by atoms with E-state index in [4.69, 9.17) is 5.73 Å². The summed E-state index contributed by atoms with van der Waals surface area (Å²) in [6.07, 6.45) is 4.26. The fourth-order valence-corrected chi connectivity index (χ4v) is 1.42. The Morgan fingerprint density at radius 3 is 2.43 bits per heavy atom. The molecule has 76 valence electrons. The standard InChI is InChI=1S/C13H19N/c1-3-12-6-8-13(9-7-12)11(2)5-4-10-14/h5-9H,3-4,10,14H2,1-2H3. The van der Waals surface area contributed by atoms with Crippen LogP contribution in [-0.4, -0.2) is 6.54 Å². The first-order valence-corrected chi connectivity index (χ1v) is 5.24. The second-order valence-electron chi connectivity index (χ2n) is 3.51. The highest BCUT2D eigenvalue weighted by Crippen LogP contribution is 2.15. The van der Waals surface area contributed by atoms with Crippen LogP contribution >= 0.6 is 0 Å². The molecule has 0 aromatic heterocycles. The Hall–Kier alpha value is -1.08. The first-order valence-electron chi connectivity index (χ1n) is 5.24. The van der Waals surface area contributed by atoms with Crippen molar-refractivity contribution in [3.8, 4) is 0 Å². The topological polar surface area (TPSA) is 26.0 Å². The summed E-state index contributed by atoms with van der Waals surface area (Å²) >= 11 is 0. The summed E-state index contributed by atoms with van der Waals surface area (Å²) in [5.41, 5.74) is 9.46. The number of rotatable bonds is 4. The van der Waals surface area contributed by atoms with E-state index in [9.17, 15) is 0 Å². The summed E-state index contributed by atoms with van der Waals surface area (Å²) in [5, 5.41) is 0. The van der Waals surface area contributed by atoms with Crippen LogP contribution in [0.4, 0.5) is 0 Å². The monoisotopic (exact) mass is 189 g/mol. The van der Waals surface area contributed by atoms with Gasteiger partial charge in [0.15, 0.2) is 0 Å². The van der Waals surface area contributed by atoms with E-state index in [0.717, 1.165) is 19.4 Å². The van der Waals surface area contributed by atoms with Crippen molar-refractivity contribution in [2.24, 2.45) is 5.73 Å². The molecule has 14 heavy (non-hydrogen) atoms. The lowest BCUT2D eigenvalue weighted by molar-refractivity contribution is 1.01. The summed E-state index contributed by atoms with van der Waals surface area (Å²) < 4.78 is 0. The third-order valence-corrected chi connectivity index (χ3v) is 2.43. The Labute approximate surface area is 86.6 Å². The van der Waals surface area contributed by atoms with E-state index in [2.05, 4.69) is 44.2 Å². The lowest BCUT2D eigenvalue weighted by Gasteiger charge is -2.02. The number of hydrogen-bond donors (Lipinski definition) is 1. The van der Waals surface area contributed by atoms with Gasteiger partial charge in [-0.25, -0.2) is 0 Å². The van der Waals surface area contributed by atoms with Crippen molar-refractivity contribution in [3.63, 3.8) is 0 Å². The summed E-state index contributed by atoms with van der Waals surface area (Å²) in [7, 11) is 0. The molecule has 0 aliphatic heterocycles. The molecular weight excluding hydrogens is 170 g/mol. The van der Waals surface area contributed by atoms with E-state index in [0.29, 0.717) is 0 Å². The largest absolute Gasteiger partial charge is 0.330 e. The van der Waals surface area contributed by atoms with Crippen molar-refractivity contribution >= 4 is 5.57 Å². The minimum Gasteiger partial charge on any atom is -0.330 e. The van der Waals surface area contributed by atoms with Gasteiger partial charge in [-0.15, -0.1) is 0 Å². The summed E-state index contributed by atoms with van der Waals surface area (Å²) in [4.78, 5) is 0. The van der Waals surface area contributed by atoms with Crippen LogP contribution in [-0.2, 0) is 6.42 Å². The first-order chi connectivity index (χ1) is 6.77. The van der Waals surface area contributed by atoms with Gasteiger partial charge in [-0.1, -0.05) is 37.3 Å². The number of aryl methyl sites for hydroxylation is 1. The van der Waals surface area contributed by atoms with Gasteiger partial charge in [0.05, 0.1) is 0 Å². The average Bonchev–Trinajstić information content (AvgIpc) is 2.26. The Bertz CT molecular complexity index is 296. The smallest absolute Gasteiger partial charge is 0.00424 e. The molecule has 0 atom stereocenters. The normalized spacial score (nSPS) is 11.8. The minimum atomic E-state index is 0.727. The van der Waals surface area contributed by atoms with Gasteiger partial charge in [-0.05, 0) is 43.0 Å². The molecule has 0 saturated heterocycles. The number of nitrogens with two attached hydrogens (primary N) is 1. The van der Waals surface area contributed by atoms with Gasteiger partial charge in [-0.3, -0.25) is 0 Å². The van der Waals surface area contributed by atoms with Crippen LogP contribution in [0.15, 0.2) is 30.3 Å². The van der Waals surface area contributed by atoms with Gasteiger partial charge in [0, 0.05) is 0 Å². The molecule has 0 fully saturated rings. The molecule has 0 spiro atoms. The number of hydrogen-bond acceptors (Lipinski definition) is 1. The molecule has 0 unspecified atom stereocenters. The van der Waals surface area contributed by atoms with Gasteiger partial charge >= 0.3 is 0 Å². The molecule has 1 rings (SSSR count). The van der Waals surface area contributed by atoms with Crippen molar-refractivity contribution in [3.05, 3.63) is 41.5 Å². The zero-order chi connectivity index (χ0) is 10.4. The summed E-state index contributed by atoms with van der Waals surface area (Å²) in [5.74, 6) is 0. The van der Waals surface area contributed by atoms with Crippen LogP contribution in [0, 0.1) is 0 Å². The van der Waals surface area contributed by atoms with Gasteiger partial charge in [0.1, 0.15) is 0 Å². The van der Waals surface area contributed by atoms with Crippen LogP contribution in [0.5, 0.6) is 0 Å². The van der Waals surface area contributed by atoms with E-state index in [1.807, 2.05) is 0 Å². The van der Waals surface area contributed by atoms with E-state index in [1.165, 1.54) is 16.7 Å². The van der Waals surface area contributed by atoms with Crippen LogP contribution in [0.3, 0.4) is 0 Å². The zero-order valence-electron chi connectivity index (χ0n) is 9.09. The third-order valence-electron chi connectivity index (χ3n) is 2.43. The molecule has 0 heterocycles. The van der Waals surface area contributed by atoms with Gasteiger partial charge < -0.3 is 5.73 Å². The van der Waals surface area contributed by atoms with Crippen LogP contribution in [0.25, 0.3) is 5.57 Å². The van der Waals surface area contributed by atoms with Crippen LogP contribution in [0.2, 0.25) is 0 Å². The molecule has 1 aromatic rings. The van der Waals surface area contributed by atoms with Crippen LogP contribution in [0.1, 0.15) is 31.4 Å². The highest BCUT2D eigenvalue weighted by atomic mass is 14.5. The van der Waals surface area contributed by atoms with Crippen molar-refractivity contribution in [2.45, 2.75) is 26.7 Å². The molecule has 0 amide bonds. The van der Waals surface area contributed by atoms with E-state index in [-0.39, 0.29) is 0 Å². The van der Waals surface area contributed by atoms with Crippen LogP contribution < -0.4 is 5.73 Å². The molecule has 0 aliphatic carbocycles. The quantitative estimate of drug-likeness (QED) is 0.774. The van der Waals surface area contributed by atoms with Gasteiger partial charge in [-0.2, -0.15) is 0 Å². The Balaban J connectivity index is 2.76. The lowest BCUT2D eigenvalue weighted by Crippen LogP contribution is -1.95. The van der Waals surface area contributed by atoms with Crippen molar-refractivity contribution in [1.82, 2.24) is 0 Å². The van der Waals surface area contributed by atoms with Gasteiger partial charge in [0.2, 0.25) is 0 Å². The van der Waals surface area contributed by atoms with E-state index in [1.54, 1.807) is 0 Å². The molecule has 2 N–H and O–H groups in total. The van der Waals surface area contributed by atoms with Crippen molar-refractivity contribution in [2.75, 3.05) is 6.54 Å². The maximum Gasteiger partial charge on any atom is -0.00424 e. The average molecular weight is 189 g/mol. The maximum absolute atomic E-state index is 5.46. The first kappa shape index (κ1) is 11.0. The molecule has 0 saturated carbocycles. The van der Waals surface area contributed by atoms with Crippen molar-refractivity contribution in [1.29, 1.82) is 0 Å². The fourth-order valence-electron chi connectivity index (χ4n) is 1.42. The predicted molar refractivity (Wildman–Crippen MR) is 63.1 cm³/mol. The molecule has 1 nitrogen and oxygen atoms in total. The highest BCUT2D eigenvalue weighted by molar-refractivity contribution is 5.63. The Kier molecular flexibility index (Phi) is 4.41. The second-order valence-corrected chi connectivity index (χ2v) is 3.51. The molecule has 1 aromatic carbocycles. The number of benzene rings is 1. The Morgan fingerprint density at radius 1 is 1.29 bits per heavy atom. The molecule has 0 aliphatic rings. The number of allylic oxidation sites excluding steroid dienone is 1. The molecule has 0 bridgehead atoms. The van der Waals surface area contributed by atoms with Crippen molar-refractivity contribution < 1.29 is 0 Å². The lowest BCUT2D eigenvalue weighted by atomic mass is 10.0. The maximum atomic E-state index is 5.46. The zero-order valence-corrected chi connectivity index (χ0v) is 9.09. The Morgan fingerprint density at radius 2 is 1.93 bits per heavy atom. The molecule has 0 radical (unpaired) electrons. The van der Waals surface area contributed by atoms with E-state index >= 15 is 0 Å². The molecular formula is C13H19N. The SMILES string of the molecule is CCc1ccc(C(C)=CCCN)cc1.